The predicted octanol–water partition coefficient (Wildman–Crippen LogP) is 6.32. The van der Waals surface area contributed by atoms with Crippen molar-refractivity contribution in [2.75, 3.05) is 36.4 Å². The number of rotatable bonds is 8. The van der Waals surface area contributed by atoms with Gasteiger partial charge in [0.1, 0.15) is 0 Å². The summed E-state index contributed by atoms with van der Waals surface area (Å²) in [7, 11) is 0. The highest BCUT2D eigenvalue weighted by Gasteiger charge is 2.33. The quantitative estimate of drug-likeness (QED) is 0.198. The van der Waals surface area contributed by atoms with E-state index in [4.69, 9.17) is 11.6 Å². The molecule has 5 rings (SSSR count). The van der Waals surface area contributed by atoms with Gasteiger partial charge in [0.15, 0.2) is 0 Å². The maximum atomic E-state index is 13.4. The second kappa shape index (κ2) is 14.4. The molecular formula is C33H35ClF3N5O3. The van der Waals surface area contributed by atoms with Crippen molar-refractivity contribution in [3.63, 3.8) is 0 Å². The molecule has 12 heteroatoms. The van der Waals surface area contributed by atoms with E-state index in [1.807, 2.05) is 24.3 Å². The number of aliphatic hydroxyl groups excluding tert-OH is 1. The van der Waals surface area contributed by atoms with Gasteiger partial charge in [-0.25, -0.2) is 5.43 Å². The lowest BCUT2D eigenvalue weighted by molar-refractivity contribution is -0.137. The average molecular weight is 642 g/mol. The summed E-state index contributed by atoms with van der Waals surface area (Å²) in [4.78, 5) is 31.1. The molecular weight excluding hydrogens is 607 g/mol. The molecule has 0 radical (unpaired) electrons. The Bertz CT molecular complexity index is 1550. The first-order valence-electron chi connectivity index (χ1n) is 15.0. The number of amides is 2. The number of anilines is 2. The molecule has 3 aromatic carbocycles. The van der Waals surface area contributed by atoms with Gasteiger partial charge in [0.05, 0.1) is 34.2 Å². The molecule has 2 aliphatic rings. The minimum Gasteiger partial charge on any atom is -0.393 e. The van der Waals surface area contributed by atoms with Gasteiger partial charge in [0.2, 0.25) is 0 Å². The van der Waals surface area contributed by atoms with E-state index in [1.54, 1.807) is 18.2 Å². The van der Waals surface area contributed by atoms with Gasteiger partial charge < -0.3 is 15.3 Å². The Labute approximate surface area is 264 Å². The molecule has 0 spiro atoms. The van der Waals surface area contributed by atoms with Crippen LogP contribution in [0.4, 0.5) is 24.5 Å². The third kappa shape index (κ3) is 8.62. The second-order valence-electron chi connectivity index (χ2n) is 11.4. The molecule has 0 atom stereocenters. The van der Waals surface area contributed by atoms with Crippen LogP contribution in [0.2, 0.25) is 5.02 Å². The van der Waals surface area contributed by atoms with Gasteiger partial charge in [-0.3, -0.25) is 14.5 Å². The van der Waals surface area contributed by atoms with Crippen LogP contribution >= 0.6 is 11.6 Å². The molecule has 3 N–H and O–H groups in total. The number of halogens is 4. The Morgan fingerprint density at radius 2 is 1.71 bits per heavy atom. The zero-order chi connectivity index (χ0) is 32.0. The van der Waals surface area contributed by atoms with Crippen LogP contribution in [-0.2, 0) is 12.7 Å². The smallest absolute Gasteiger partial charge is 0.393 e. The van der Waals surface area contributed by atoms with Crippen LogP contribution in [0.1, 0.15) is 69.5 Å². The summed E-state index contributed by atoms with van der Waals surface area (Å²) < 4.78 is 39.8. The van der Waals surface area contributed by atoms with E-state index in [9.17, 15) is 27.9 Å². The lowest BCUT2D eigenvalue weighted by Crippen LogP contribution is -2.35. The summed E-state index contributed by atoms with van der Waals surface area (Å²) >= 11 is 5.70. The van der Waals surface area contributed by atoms with Crippen LogP contribution in [0, 0.1) is 0 Å². The van der Waals surface area contributed by atoms with Crippen LogP contribution in [0.3, 0.4) is 0 Å². The summed E-state index contributed by atoms with van der Waals surface area (Å²) in [5, 5.41) is 16.1. The molecule has 0 unspecified atom stereocenters. The van der Waals surface area contributed by atoms with Gasteiger partial charge in [0.25, 0.3) is 11.8 Å². The van der Waals surface area contributed by atoms with Crippen molar-refractivity contribution >= 4 is 41.0 Å². The van der Waals surface area contributed by atoms with E-state index in [0.29, 0.717) is 12.1 Å². The van der Waals surface area contributed by atoms with Gasteiger partial charge >= 0.3 is 6.18 Å². The first-order valence-corrected chi connectivity index (χ1v) is 15.3. The number of carbonyl (C=O) groups is 2. The minimum absolute atomic E-state index is 0.100. The van der Waals surface area contributed by atoms with E-state index in [2.05, 4.69) is 25.6 Å². The minimum atomic E-state index is -4.64. The Balaban J connectivity index is 1.34. The first kappa shape index (κ1) is 32.5. The largest absolute Gasteiger partial charge is 0.417 e. The van der Waals surface area contributed by atoms with Crippen LogP contribution in [-0.4, -0.2) is 60.3 Å². The molecule has 2 saturated heterocycles. The number of likely N-dealkylation sites (tertiary alicyclic amines) is 1. The topological polar surface area (TPSA) is 97.3 Å². The number of carbonyl (C=O) groups excluding carboxylic acids is 2. The van der Waals surface area contributed by atoms with Gasteiger partial charge in [-0.2, -0.15) is 18.3 Å². The summed E-state index contributed by atoms with van der Waals surface area (Å²) in [6.45, 7) is 3.90. The van der Waals surface area contributed by atoms with Gasteiger partial charge in [-0.15, -0.1) is 0 Å². The number of hydrogen-bond donors (Lipinski definition) is 3. The number of nitrogens with one attached hydrogen (secondary N) is 2. The van der Waals surface area contributed by atoms with Crippen LogP contribution in [0.15, 0.2) is 65.8 Å². The first-order chi connectivity index (χ1) is 21.6. The Kier molecular flexibility index (Phi) is 10.4. The van der Waals surface area contributed by atoms with E-state index in [1.165, 1.54) is 6.07 Å². The van der Waals surface area contributed by atoms with Gasteiger partial charge in [0, 0.05) is 44.0 Å². The normalized spacial score (nSPS) is 16.6. The zero-order valence-corrected chi connectivity index (χ0v) is 25.4. The van der Waals surface area contributed by atoms with Crippen LogP contribution in [0.5, 0.6) is 0 Å². The highest BCUT2D eigenvalue weighted by atomic mass is 35.5. The molecule has 2 fully saturated rings. The van der Waals surface area contributed by atoms with Crippen molar-refractivity contribution in [1.82, 2.24) is 10.3 Å². The van der Waals surface area contributed by atoms with Crippen LogP contribution < -0.4 is 15.6 Å². The van der Waals surface area contributed by atoms with E-state index >= 15 is 0 Å². The number of alkyl halides is 3. The van der Waals surface area contributed by atoms with Gasteiger partial charge in [-0.1, -0.05) is 29.8 Å². The molecule has 2 amide bonds. The fourth-order valence-corrected chi connectivity index (χ4v) is 5.81. The molecule has 8 nitrogen and oxygen atoms in total. The SMILES string of the molecule is O=C(Nc1ccc(N2CCCCC2)cc1C(=O)NN=Cc1ccc(Cl)c(C(F)(F)F)c1)c1cccc(CN2CCC(O)CC2)c1. The lowest BCUT2D eigenvalue weighted by Gasteiger charge is -2.29. The fourth-order valence-electron chi connectivity index (χ4n) is 5.59. The number of aliphatic hydroxyl groups is 1. The van der Waals surface area contributed by atoms with Gasteiger partial charge in [-0.05, 0) is 85.7 Å². The summed E-state index contributed by atoms with van der Waals surface area (Å²) in [6, 6.07) is 15.8. The average Bonchev–Trinajstić information content (AvgIpc) is 3.03. The third-order valence-corrected chi connectivity index (χ3v) is 8.37. The molecule has 238 valence electrons. The standard InChI is InChI=1S/C33H35ClF3N5O3/c34-29-9-7-22(18-28(29)33(35,36)37)20-38-40-32(45)27-19-25(42-13-2-1-3-14-42)8-10-30(27)39-31(44)24-6-4-5-23(17-24)21-41-15-11-26(43)12-16-41/h4-10,17-20,26,43H,1-3,11-16,21H2,(H,39,44)(H,40,45). The lowest BCUT2D eigenvalue weighted by atomic mass is 10.0. The highest BCUT2D eigenvalue weighted by Crippen LogP contribution is 2.35. The number of piperidine rings is 2. The molecule has 0 aromatic heterocycles. The summed E-state index contributed by atoms with van der Waals surface area (Å²) in [5.74, 6) is -1.03. The summed E-state index contributed by atoms with van der Waals surface area (Å²) in [6.07, 6.45) is 0.823. The zero-order valence-electron chi connectivity index (χ0n) is 24.6. The maximum Gasteiger partial charge on any atom is 0.417 e. The Morgan fingerprint density at radius 1 is 0.956 bits per heavy atom. The fraction of sp³-hybridized carbons (Fsp3) is 0.364. The number of nitrogens with zero attached hydrogens (tertiary/aromatic N) is 3. The Hall–Kier alpha value is -3.93. The molecule has 0 aliphatic carbocycles. The number of hydrogen-bond acceptors (Lipinski definition) is 6. The molecule has 3 aromatic rings. The molecule has 0 bridgehead atoms. The second-order valence-corrected chi connectivity index (χ2v) is 11.8. The monoisotopic (exact) mass is 641 g/mol. The van der Waals surface area contributed by atoms with Crippen LogP contribution in [0.25, 0.3) is 0 Å². The molecule has 2 heterocycles. The highest BCUT2D eigenvalue weighted by molar-refractivity contribution is 6.31. The third-order valence-electron chi connectivity index (χ3n) is 8.05. The maximum absolute atomic E-state index is 13.4. The van der Waals surface area contributed by atoms with E-state index in [-0.39, 0.29) is 22.9 Å². The predicted molar refractivity (Wildman–Crippen MR) is 169 cm³/mol. The molecule has 2 aliphatic heterocycles. The Morgan fingerprint density at radius 3 is 2.44 bits per heavy atom. The van der Waals surface area contributed by atoms with Crippen molar-refractivity contribution in [3.8, 4) is 0 Å². The van der Waals surface area contributed by atoms with E-state index in [0.717, 1.165) is 87.9 Å². The van der Waals surface area contributed by atoms with Crippen molar-refractivity contribution in [1.29, 1.82) is 0 Å². The molecule has 0 saturated carbocycles. The van der Waals surface area contributed by atoms with E-state index < -0.39 is 28.6 Å². The number of benzene rings is 3. The summed E-state index contributed by atoms with van der Waals surface area (Å²) in [5.41, 5.74) is 4.13. The van der Waals surface area contributed by atoms with Crippen molar-refractivity contribution in [3.05, 3.63) is 93.5 Å². The number of hydrazone groups is 1. The molecule has 45 heavy (non-hydrogen) atoms. The van der Waals surface area contributed by atoms with Crippen molar-refractivity contribution < 1.29 is 27.9 Å². The van der Waals surface area contributed by atoms with Crippen molar-refractivity contribution in [2.24, 2.45) is 5.10 Å². The van der Waals surface area contributed by atoms with Crippen molar-refractivity contribution in [2.45, 2.75) is 50.9 Å².